The van der Waals surface area contributed by atoms with Crippen molar-refractivity contribution >= 4 is 17.8 Å². The van der Waals surface area contributed by atoms with Crippen LogP contribution in [0.2, 0.25) is 0 Å². The van der Waals surface area contributed by atoms with E-state index < -0.39 is 23.6 Å². The van der Waals surface area contributed by atoms with Crippen LogP contribution in [0.5, 0.6) is 0 Å². The summed E-state index contributed by atoms with van der Waals surface area (Å²) in [5.41, 5.74) is -0.652. The first-order valence-corrected chi connectivity index (χ1v) is 6.18. The zero-order chi connectivity index (χ0) is 14.1. The third-order valence-electron chi connectivity index (χ3n) is 2.75. The second-order valence-electron chi connectivity index (χ2n) is 5.98. The van der Waals surface area contributed by atoms with Gasteiger partial charge in [0, 0.05) is 6.42 Å². The zero-order valence-electron chi connectivity index (χ0n) is 11.6. The lowest BCUT2D eigenvalue weighted by Crippen LogP contribution is -2.53. The normalized spacial score (nSPS) is 21.4. The van der Waals surface area contributed by atoms with E-state index in [4.69, 9.17) is 4.74 Å². The Balaban J connectivity index is 2.91. The SMILES string of the molecule is CC(C)C1CC(=O)CC(=O)N1C(=O)OC(C)(C)C. The van der Waals surface area contributed by atoms with E-state index in [1.165, 1.54) is 0 Å². The molecule has 1 heterocycles. The summed E-state index contributed by atoms with van der Waals surface area (Å²) in [5.74, 6) is -0.538. The lowest BCUT2D eigenvalue weighted by molar-refractivity contribution is -0.142. The number of hydrogen-bond acceptors (Lipinski definition) is 4. The fourth-order valence-electron chi connectivity index (χ4n) is 1.92. The van der Waals surface area contributed by atoms with Gasteiger partial charge < -0.3 is 4.74 Å². The van der Waals surface area contributed by atoms with Crippen molar-refractivity contribution in [2.45, 2.75) is 59.1 Å². The molecule has 0 aliphatic carbocycles. The van der Waals surface area contributed by atoms with Crippen LogP contribution < -0.4 is 0 Å². The molecule has 2 amide bonds. The smallest absolute Gasteiger partial charge is 0.417 e. The number of carbonyl (C=O) groups excluding carboxylic acids is 3. The molecule has 102 valence electrons. The van der Waals surface area contributed by atoms with Crippen molar-refractivity contribution in [1.82, 2.24) is 4.90 Å². The average molecular weight is 255 g/mol. The van der Waals surface area contributed by atoms with Crippen LogP contribution in [0.25, 0.3) is 0 Å². The first-order valence-electron chi connectivity index (χ1n) is 6.18. The Kier molecular flexibility index (Phi) is 4.14. The Morgan fingerprint density at radius 3 is 2.33 bits per heavy atom. The minimum absolute atomic E-state index is 0.0331. The molecule has 0 radical (unpaired) electrons. The van der Waals surface area contributed by atoms with Crippen molar-refractivity contribution < 1.29 is 19.1 Å². The van der Waals surface area contributed by atoms with Crippen LogP contribution in [0.15, 0.2) is 0 Å². The highest BCUT2D eigenvalue weighted by Gasteiger charge is 2.40. The van der Waals surface area contributed by atoms with E-state index in [0.29, 0.717) is 0 Å². The lowest BCUT2D eigenvalue weighted by Gasteiger charge is -2.36. The lowest BCUT2D eigenvalue weighted by atomic mass is 9.92. The number of hydrogen-bond donors (Lipinski definition) is 0. The molecule has 1 fully saturated rings. The van der Waals surface area contributed by atoms with Crippen molar-refractivity contribution in [3.63, 3.8) is 0 Å². The van der Waals surface area contributed by atoms with Gasteiger partial charge in [-0.2, -0.15) is 0 Å². The zero-order valence-corrected chi connectivity index (χ0v) is 11.6. The van der Waals surface area contributed by atoms with Gasteiger partial charge in [-0.25, -0.2) is 9.69 Å². The molecule has 1 saturated heterocycles. The first-order chi connectivity index (χ1) is 8.11. The Morgan fingerprint density at radius 2 is 1.89 bits per heavy atom. The number of imide groups is 1. The van der Waals surface area contributed by atoms with E-state index >= 15 is 0 Å². The molecular weight excluding hydrogens is 234 g/mol. The minimum Gasteiger partial charge on any atom is -0.443 e. The van der Waals surface area contributed by atoms with Gasteiger partial charge in [-0.15, -0.1) is 0 Å². The molecule has 0 N–H and O–H groups in total. The summed E-state index contributed by atoms with van der Waals surface area (Å²) in [4.78, 5) is 36.4. The van der Waals surface area contributed by atoms with E-state index in [0.717, 1.165) is 4.90 Å². The van der Waals surface area contributed by atoms with Crippen LogP contribution in [-0.4, -0.2) is 34.3 Å². The molecular formula is C13H21NO4. The molecule has 18 heavy (non-hydrogen) atoms. The van der Waals surface area contributed by atoms with Crippen LogP contribution in [0.3, 0.4) is 0 Å². The van der Waals surface area contributed by atoms with Gasteiger partial charge in [0.1, 0.15) is 11.4 Å². The second-order valence-corrected chi connectivity index (χ2v) is 5.98. The van der Waals surface area contributed by atoms with Crippen LogP contribution >= 0.6 is 0 Å². The molecule has 1 aliphatic rings. The molecule has 0 aromatic carbocycles. The van der Waals surface area contributed by atoms with Crippen molar-refractivity contribution in [2.75, 3.05) is 0 Å². The average Bonchev–Trinajstić information content (AvgIpc) is 2.12. The molecule has 1 unspecified atom stereocenters. The molecule has 0 saturated carbocycles. The standard InChI is InChI=1S/C13H21NO4/c1-8(2)10-6-9(15)7-11(16)14(10)12(17)18-13(3,4)5/h8,10H,6-7H2,1-5H3. The summed E-state index contributed by atoms with van der Waals surface area (Å²) in [6.45, 7) is 9.00. The van der Waals surface area contributed by atoms with E-state index in [2.05, 4.69) is 0 Å². The largest absolute Gasteiger partial charge is 0.443 e. The van der Waals surface area contributed by atoms with Crippen LogP contribution in [0, 0.1) is 5.92 Å². The van der Waals surface area contributed by atoms with Gasteiger partial charge in [-0.05, 0) is 26.7 Å². The Labute approximate surface area is 107 Å². The predicted molar refractivity (Wildman–Crippen MR) is 65.9 cm³/mol. The number of rotatable bonds is 1. The van der Waals surface area contributed by atoms with Gasteiger partial charge in [0.25, 0.3) is 0 Å². The van der Waals surface area contributed by atoms with Gasteiger partial charge in [-0.1, -0.05) is 13.8 Å². The monoisotopic (exact) mass is 255 g/mol. The maximum atomic E-state index is 12.0. The maximum Gasteiger partial charge on any atom is 0.417 e. The molecule has 0 bridgehead atoms. The molecule has 1 rings (SSSR count). The summed E-state index contributed by atoms with van der Waals surface area (Å²) >= 11 is 0. The molecule has 5 heteroatoms. The third-order valence-corrected chi connectivity index (χ3v) is 2.75. The van der Waals surface area contributed by atoms with Crippen LogP contribution in [0.4, 0.5) is 4.79 Å². The summed E-state index contributed by atoms with van der Waals surface area (Å²) in [7, 11) is 0. The molecule has 1 atom stereocenters. The summed E-state index contributed by atoms with van der Waals surface area (Å²) in [6.07, 6.45) is -0.635. The number of carbonyl (C=O) groups is 3. The number of Topliss-reactive ketones (excluding diaryl/α,β-unsaturated/α-hetero) is 1. The molecule has 0 spiro atoms. The topological polar surface area (TPSA) is 63.7 Å². The van der Waals surface area contributed by atoms with Crippen molar-refractivity contribution in [1.29, 1.82) is 0 Å². The quantitative estimate of drug-likeness (QED) is 0.673. The minimum atomic E-state index is -0.654. The van der Waals surface area contributed by atoms with Crippen molar-refractivity contribution in [2.24, 2.45) is 5.92 Å². The van der Waals surface area contributed by atoms with E-state index in [1.54, 1.807) is 20.8 Å². The highest BCUT2D eigenvalue weighted by molar-refractivity contribution is 6.06. The van der Waals surface area contributed by atoms with Gasteiger partial charge in [0.2, 0.25) is 5.91 Å². The number of nitrogens with zero attached hydrogens (tertiary/aromatic N) is 1. The summed E-state index contributed by atoms with van der Waals surface area (Å²) < 4.78 is 5.22. The van der Waals surface area contributed by atoms with Crippen LogP contribution in [-0.2, 0) is 14.3 Å². The van der Waals surface area contributed by atoms with E-state index in [9.17, 15) is 14.4 Å². The van der Waals surface area contributed by atoms with Crippen LogP contribution in [0.1, 0.15) is 47.5 Å². The fraction of sp³-hybridized carbons (Fsp3) is 0.769. The first kappa shape index (κ1) is 14.7. The van der Waals surface area contributed by atoms with Gasteiger partial charge in [0.15, 0.2) is 0 Å². The number of ketones is 1. The van der Waals surface area contributed by atoms with Crippen molar-refractivity contribution in [3.05, 3.63) is 0 Å². The molecule has 0 aromatic rings. The highest BCUT2D eigenvalue weighted by Crippen LogP contribution is 2.24. The summed E-state index contributed by atoms with van der Waals surface area (Å²) in [6, 6.07) is -0.395. The number of piperidine rings is 1. The predicted octanol–water partition coefficient (Wildman–Crippen LogP) is 2.14. The highest BCUT2D eigenvalue weighted by atomic mass is 16.6. The molecule has 0 aromatic heterocycles. The van der Waals surface area contributed by atoms with E-state index in [-0.39, 0.29) is 24.5 Å². The fourth-order valence-corrected chi connectivity index (χ4v) is 1.92. The molecule has 5 nitrogen and oxygen atoms in total. The maximum absolute atomic E-state index is 12.0. The summed E-state index contributed by atoms with van der Waals surface area (Å²) in [5, 5.41) is 0. The Hall–Kier alpha value is -1.39. The Morgan fingerprint density at radius 1 is 1.33 bits per heavy atom. The number of amides is 2. The van der Waals surface area contributed by atoms with Crippen molar-refractivity contribution in [3.8, 4) is 0 Å². The van der Waals surface area contributed by atoms with Gasteiger partial charge in [0.05, 0.1) is 12.5 Å². The van der Waals surface area contributed by atoms with E-state index in [1.807, 2.05) is 13.8 Å². The van der Waals surface area contributed by atoms with Gasteiger partial charge >= 0.3 is 6.09 Å². The van der Waals surface area contributed by atoms with Gasteiger partial charge in [-0.3, -0.25) is 9.59 Å². The number of ether oxygens (including phenoxy) is 1. The third kappa shape index (κ3) is 3.55. The number of likely N-dealkylation sites (tertiary alicyclic amines) is 1. The second kappa shape index (κ2) is 5.08. The molecule has 1 aliphatic heterocycles. The Bertz CT molecular complexity index is 368.